The lowest BCUT2D eigenvalue weighted by Crippen LogP contribution is -2.00. The molecule has 106 valence electrons. The lowest BCUT2D eigenvalue weighted by Gasteiger charge is -2.12. The fraction of sp³-hybridized carbons (Fsp3) is 0.250. The number of hydrogen-bond acceptors (Lipinski definition) is 4. The highest BCUT2D eigenvalue weighted by Gasteiger charge is 2.06. The Hall–Kier alpha value is -2.04. The largest absolute Gasteiger partial charge is 0.497 e. The summed E-state index contributed by atoms with van der Waals surface area (Å²) < 4.78 is 11.0. The number of benzene rings is 2. The van der Waals surface area contributed by atoms with Gasteiger partial charge in [-0.25, -0.2) is 0 Å². The Bertz CT molecular complexity index is 552. The van der Waals surface area contributed by atoms with E-state index < -0.39 is 0 Å². The van der Waals surface area contributed by atoms with Gasteiger partial charge in [-0.15, -0.1) is 0 Å². The van der Waals surface area contributed by atoms with Crippen LogP contribution in [0.1, 0.15) is 11.1 Å². The van der Waals surface area contributed by atoms with Gasteiger partial charge in [0.05, 0.1) is 7.11 Å². The molecule has 0 bridgehead atoms. The second kappa shape index (κ2) is 6.93. The Kier molecular flexibility index (Phi) is 4.98. The average Bonchev–Trinajstić information content (AvgIpc) is 2.49. The van der Waals surface area contributed by atoms with Gasteiger partial charge in [0.1, 0.15) is 17.2 Å². The van der Waals surface area contributed by atoms with Gasteiger partial charge in [0.15, 0.2) is 0 Å². The molecule has 2 aromatic carbocycles. The zero-order chi connectivity index (χ0) is 14.4. The summed E-state index contributed by atoms with van der Waals surface area (Å²) in [6.07, 6.45) is 0.646. The van der Waals surface area contributed by atoms with Gasteiger partial charge in [-0.1, -0.05) is 18.2 Å². The molecule has 4 heteroatoms. The first-order chi connectivity index (χ1) is 9.76. The van der Waals surface area contributed by atoms with Gasteiger partial charge in [0.2, 0.25) is 0 Å². The van der Waals surface area contributed by atoms with Gasteiger partial charge < -0.3 is 20.3 Å². The van der Waals surface area contributed by atoms with Crippen LogP contribution in [0.25, 0.3) is 0 Å². The van der Waals surface area contributed by atoms with Gasteiger partial charge in [0.25, 0.3) is 0 Å². The Labute approximate surface area is 118 Å². The number of methoxy groups -OCH3 is 1. The molecule has 0 aliphatic heterocycles. The van der Waals surface area contributed by atoms with Gasteiger partial charge in [-0.3, -0.25) is 0 Å². The Morgan fingerprint density at radius 1 is 1.05 bits per heavy atom. The van der Waals surface area contributed by atoms with E-state index in [1.165, 1.54) is 0 Å². The Balaban J connectivity index is 2.19. The predicted octanol–water partition coefficient (Wildman–Crippen LogP) is 2.48. The summed E-state index contributed by atoms with van der Waals surface area (Å²) in [6, 6.07) is 13.2. The van der Waals surface area contributed by atoms with Gasteiger partial charge in [-0.2, -0.15) is 0 Å². The van der Waals surface area contributed by atoms with E-state index in [4.69, 9.17) is 20.3 Å². The van der Waals surface area contributed by atoms with E-state index in [1.54, 1.807) is 7.11 Å². The van der Waals surface area contributed by atoms with Crippen molar-refractivity contribution in [3.8, 4) is 17.2 Å². The quantitative estimate of drug-likeness (QED) is 0.848. The summed E-state index contributed by atoms with van der Waals surface area (Å²) in [7, 11) is 1.62. The molecule has 2 rings (SSSR count). The van der Waals surface area contributed by atoms with Gasteiger partial charge in [-0.05, 0) is 30.2 Å². The van der Waals surface area contributed by atoms with E-state index in [0.29, 0.717) is 18.7 Å². The van der Waals surface area contributed by atoms with Gasteiger partial charge >= 0.3 is 0 Å². The van der Waals surface area contributed by atoms with E-state index in [-0.39, 0.29) is 6.61 Å². The molecule has 0 aliphatic rings. The molecular formula is C16H19NO3. The van der Waals surface area contributed by atoms with E-state index in [9.17, 15) is 0 Å². The number of nitrogens with two attached hydrogens (primary N) is 1. The smallest absolute Gasteiger partial charge is 0.135 e. The van der Waals surface area contributed by atoms with Crippen LogP contribution >= 0.6 is 0 Å². The van der Waals surface area contributed by atoms with E-state index >= 15 is 0 Å². The minimum absolute atomic E-state index is 0.146. The van der Waals surface area contributed by atoms with Crippen molar-refractivity contribution >= 4 is 0 Å². The topological polar surface area (TPSA) is 64.7 Å². The normalized spacial score (nSPS) is 10.3. The zero-order valence-corrected chi connectivity index (χ0v) is 11.5. The zero-order valence-electron chi connectivity index (χ0n) is 11.5. The maximum absolute atomic E-state index is 8.89. The third kappa shape index (κ3) is 3.50. The SMILES string of the molecule is COc1ccc(CN)c(Oc2ccc(CCO)cc2)c1. The third-order valence-electron chi connectivity index (χ3n) is 3.05. The molecule has 3 N–H and O–H groups in total. The summed E-state index contributed by atoms with van der Waals surface area (Å²) in [5.74, 6) is 2.16. The number of aliphatic hydroxyl groups excluding tert-OH is 1. The first-order valence-corrected chi connectivity index (χ1v) is 6.51. The summed E-state index contributed by atoms with van der Waals surface area (Å²) in [6.45, 7) is 0.551. The maximum Gasteiger partial charge on any atom is 0.135 e. The van der Waals surface area contributed by atoms with Crippen LogP contribution in [0.2, 0.25) is 0 Å². The molecular weight excluding hydrogens is 254 g/mol. The van der Waals surface area contributed by atoms with E-state index in [0.717, 1.165) is 22.6 Å². The van der Waals surface area contributed by atoms with Crippen LogP contribution in [0.3, 0.4) is 0 Å². The molecule has 0 aromatic heterocycles. The number of ether oxygens (including phenoxy) is 2. The van der Waals surface area contributed by atoms with Crippen LogP contribution in [-0.4, -0.2) is 18.8 Å². The van der Waals surface area contributed by atoms with Crippen molar-refractivity contribution in [2.75, 3.05) is 13.7 Å². The lowest BCUT2D eigenvalue weighted by molar-refractivity contribution is 0.299. The van der Waals surface area contributed by atoms with Crippen LogP contribution in [-0.2, 0) is 13.0 Å². The first-order valence-electron chi connectivity index (χ1n) is 6.51. The summed E-state index contributed by atoms with van der Waals surface area (Å²) in [5.41, 5.74) is 7.71. The second-order valence-electron chi connectivity index (χ2n) is 4.40. The van der Waals surface area contributed by atoms with Crippen molar-refractivity contribution in [2.45, 2.75) is 13.0 Å². The third-order valence-corrected chi connectivity index (χ3v) is 3.05. The molecule has 0 unspecified atom stereocenters. The molecule has 0 aliphatic carbocycles. The van der Waals surface area contributed by atoms with Crippen LogP contribution in [0.4, 0.5) is 0 Å². The second-order valence-corrected chi connectivity index (χ2v) is 4.40. The standard InChI is InChI=1S/C16H19NO3/c1-19-15-7-4-13(11-17)16(10-15)20-14-5-2-12(3-6-14)8-9-18/h2-7,10,18H,8-9,11,17H2,1H3. The highest BCUT2D eigenvalue weighted by atomic mass is 16.5. The highest BCUT2D eigenvalue weighted by molar-refractivity contribution is 5.43. The molecule has 20 heavy (non-hydrogen) atoms. The van der Waals surface area contributed by atoms with Crippen LogP contribution in [0, 0.1) is 0 Å². The number of rotatable bonds is 6. The molecule has 0 heterocycles. The molecule has 4 nitrogen and oxygen atoms in total. The van der Waals surface area contributed by atoms with Crippen LogP contribution in [0.15, 0.2) is 42.5 Å². The molecule has 0 saturated carbocycles. The summed E-state index contributed by atoms with van der Waals surface area (Å²) in [5, 5.41) is 8.89. The van der Waals surface area contributed by atoms with Crippen LogP contribution in [0.5, 0.6) is 17.2 Å². The minimum Gasteiger partial charge on any atom is -0.497 e. The molecule has 0 atom stereocenters. The van der Waals surface area contributed by atoms with Crippen molar-refractivity contribution in [2.24, 2.45) is 5.73 Å². The number of hydrogen-bond donors (Lipinski definition) is 2. The minimum atomic E-state index is 0.146. The number of aliphatic hydroxyl groups is 1. The Morgan fingerprint density at radius 3 is 2.35 bits per heavy atom. The van der Waals surface area contributed by atoms with Crippen molar-refractivity contribution in [1.29, 1.82) is 0 Å². The monoisotopic (exact) mass is 273 g/mol. The molecule has 0 spiro atoms. The van der Waals surface area contributed by atoms with Crippen molar-refractivity contribution in [1.82, 2.24) is 0 Å². The van der Waals surface area contributed by atoms with Crippen molar-refractivity contribution in [3.63, 3.8) is 0 Å². The maximum atomic E-state index is 8.89. The lowest BCUT2D eigenvalue weighted by atomic mass is 10.1. The molecule has 0 amide bonds. The Morgan fingerprint density at radius 2 is 1.75 bits per heavy atom. The van der Waals surface area contributed by atoms with Crippen molar-refractivity contribution < 1.29 is 14.6 Å². The average molecular weight is 273 g/mol. The molecule has 0 saturated heterocycles. The molecule has 0 radical (unpaired) electrons. The van der Waals surface area contributed by atoms with Crippen molar-refractivity contribution in [3.05, 3.63) is 53.6 Å². The fourth-order valence-electron chi connectivity index (χ4n) is 1.91. The molecule has 2 aromatic rings. The first kappa shape index (κ1) is 14.4. The highest BCUT2D eigenvalue weighted by Crippen LogP contribution is 2.29. The fourth-order valence-corrected chi connectivity index (χ4v) is 1.91. The summed E-state index contributed by atoms with van der Waals surface area (Å²) >= 11 is 0. The predicted molar refractivity (Wildman–Crippen MR) is 78.2 cm³/mol. The summed E-state index contributed by atoms with van der Waals surface area (Å²) in [4.78, 5) is 0. The van der Waals surface area contributed by atoms with Crippen LogP contribution < -0.4 is 15.2 Å². The van der Waals surface area contributed by atoms with Gasteiger partial charge in [0, 0.05) is 24.8 Å². The molecule has 0 fully saturated rings. The van der Waals surface area contributed by atoms with E-state index in [1.807, 2.05) is 42.5 Å². The van der Waals surface area contributed by atoms with E-state index in [2.05, 4.69) is 0 Å².